The molecule has 0 aliphatic carbocycles. The van der Waals surface area contributed by atoms with Gasteiger partial charge in [-0.3, -0.25) is 0 Å². The third-order valence-electron chi connectivity index (χ3n) is 3.15. The van der Waals surface area contributed by atoms with Gasteiger partial charge in [-0.1, -0.05) is 19.8 Å². The molecule has 0 saturated heterocycles. The summed E-state index contributed by atoms with van der Waals surface area (Å²) in [5, 5.41) is 3.00. The molecule has 0 aliphatic rings. The van der Waals surface area contributed by atoms with Crippen LogP contribution in [0.3, 0.4) is 0 Å². The second-order valence-corrected chi connectivity index (χ2v) is 6.83. The van der Waals surface area contributed by atoms with E-state index in [4.69, 9.17) is 0 Å². The summed E-state index contributed by atoms with van der Waals surface area (Å²) in [5.41, 5.74) is 0.536. The van der Waals surface area contributed by atoms with Gasteiger partial charge in [-0.05, 0) is 32.4 Å². The van der Waals surface area contributed by atoms with Gasteiger partial charge in [0.15, 0.2) is 5.03 Å². The van der Waals surface area contributed by atoms with Crippen molar-refractivity contribution in [3.8, 4) is 0 Å². The molecule has 0 spiro atoms. The fourth-order valence-corrected chi connectivity index (χ4v) is 3.86. The summed E-state index contributed by atoms with van der Waals surface area (Å²) in [7, 11) is -1.86. The van der Waals surface area contributed by atoms with Crippen LogP contribution in [0, 0.1) is 0 Å². The number of rotatable bonds is 8. The van der Waals surface area contributed by atoms with Crippen LogP contribution in [0.5, 0.6) is 0 Å². The molecule has 1 aromatic rings. The van der Waals surface area contributed by atoms with Crippen LogP contribution >= 0.6 is 0 Å². The molecule has 1 rings (SSSR count). The number of pyridine rings is 1. The zero-order valence-electron chi connectivity index (χ0n) is 12.8. The number of aromatic nitrogens is 1. The van der Waals surface area contributed by atoms with Gasteiger partial charge in [0.2, 0.25) is 0 Å². The molecular weight excluding hydrogens is 274 g/mol. The van der Waals surface area contributed by atoms with Crippen molar-refractivity contribution in [2.45, 2.75) is 51.1 Å². The number of unbranched alkanes of at least 4 members (excludes halogenated alkanes) is 2. The Bertz CT molecular complexity index is 515. The molecule has 20 heavy (non-hydrogen) atoms. The molecule has 5 nitrogen and oxygen atoms in total. The van der Waals surface area contributed by atoms with E-state index in [0.717, 1.165) is 19.3 Å². The molecule has 6 heteroatoms. The number of nitrogens with zero attached hydrogens (tertiary/aromatic N) is 2. The SMILES string of the molecule is CCCCCN(C(C)C)S(=O)(=O)c1ncccc1NC. The molecule has 0 saturated carbocycles. The predicted molar refractivity (Wildman–Crippen MR) is 82.3 cm³/mol. The van der Waals surface area contributed by atoms with E-state index in [1.54, 1.807) is 19.2 Å². The normalized spacial score (nSPS) is 12.1. The summed E-state index contributed by atoms with van der Waals surface area (Å²) in [6, 6.07) is 3.37. The first-order valence-electron chi connectivity index (χ1n) is 7.09. The molecule has 0 aromatic carbocycles. The van der Waals surface area contributed by atoms with Gasteiger partial charge in [0.05, 0.1) is 5.69 Å². The van der Waals surface area contributed by atoms with Gasteiger partial charge in [0.25, 0.3) is 10.0 Å². The van der Waals surface area contributed by atoms with Gasteiger partial charge in [-0.15, -0.1) is 0 Å². The molecule has 1 aromatic heterocycles. The van der Waals surface area contributed by atoms with Gasteiger partial charge in [0, 0.05) is 25.8 Å². The van der Waals surface area contributed by atoms with Crippen molar-refractivity contribution in [1.82, 2.24) is 9.29 Å². The molecule has 0 radical (unpaired) electrons. The zero-order valence-corrected chi connectivity index (χ0v) is 13.6. The van der Waals surface area contributed by atoms with E-state index >= 15 is 0 Å². The molecular formula is C14H25N3O2S. The van der Waals surface area contributed by atoms with Crippen molar-refractivity contribution in [2.75, 3.05) is 18.9 Å². The first-order valence-corrected chi connectivity index (χ1v) is 8.53. The molecule has 0 atom stereocenters. The van der Waals surface area contributed by atoms with Crippen LogP contribution in [0.4, 0.5) is 5.69 Å². The number of nitrogens with one attached hydrogen (secondary N) is 1. The van der Waals surface area contributed by atoms with E-state index in [2.05, 4.69) is 17.2 Å². The van der Waals surface area contributed by atoms with Crippen molar-refractivity contribution in [3.05, 3.63) is 18.3 Å². The summed E-state index contributed by atoms with van der Waals surface area (Å²) in [6.07, 6.45) is 4.48. The largest absolute Gasteiger partial charge is 0.386 e. The average Bonchev–Trinajstić information content (AvgIpc) is 2.42. The maximum absolute atomic E-state index is 12.8. The Labute approximate surface area is 122 Å². The Morgan fingerprint density at radius 1 is 1.35 bits per heavy atom. The van der Waals surface area contributed by atoms with Gasteiger partial charge in [0.1, 0.15) is 0 Å². The Morgan fingerprint density at radius 2 is 2.05 bits per heavy atom. The highest BCUT2D eigenvalue weighted by atomic mass is 32.2. The van der Waals surface area contributed by atoms with Crippen molar-refractivity contribution in [1.29, 1.82) is 0 Å². The lowest BCUT2D eigenvalue weighted by molar-refractivity contribution is 0.344. The maximum Gasteiger partial charge on any atom is 0.262 e. The van der Waals surface area contributed by atoms with Crippen molar-refractivity contribution in [2.24, 2.45) is 0 Å². The molecule has 1 N–H and O–H groups in total. The molecule has 0 bridgehead atoms. The van der Waals surface area contributed by atoms with Crippen molar-refractivity contribution < 1.29 is 8.42 Å². The minimum Gasteiger partial charge on any atom is -0.386 e. The standard InChI is InChI=1S/C14H25N3O2S/c1-5-6-7-11-17(12(2)3)20(18,19)14-13(15-4)9-8-10-16-14/h8-10,12,15H,5-7,11H2,1-4H3. The maximum atomic E-state index is 12.8. The van der Waals surface area contributed by atoms with Crippen LogP contribution in [-0.2, 0) is 10.0 Å². The lowest BCUT2D eigenvalue weighted by atomic mass is 10.2. The van der Waals surface area contributed by atoms with Crippen LogP contribution in [0.2, 0.25) is 0 Å². The molecule has 1 heterocycles. The van der Waals surface area contributed by atoms with Crippen LogP contribution in [0.15, 0.2) is 23.4 Å². The number of hydrogen-bond acceptors (Lipinski definition) is 4. The van der Waals surface area contributed by atoms with Crippen molar-refractivity contribution >= 4 is 15.7 Å². The minimum absolute atomic E-state index is 0.0800. The van der Waals surface area contributed by atoms with E-state index in [1.165, 1.54) is 10.5 Å². The van der Waals surface area contributed by atoms with E-state index in [0.29, 0.717) is 12.2 Å². The Morgan fingerprint density at radius 3 is 2.60 bits per heavy atom. The molecule has 0 aliphatic heterocycles. The summed E-state index contributed by atoms with van der Waals surface area (Å²) in [6.45, 7) is 6.43. The fourth-order valence-electron chi connectivity index (χ4n) is 2.07. The van der Waals surface area contributed by atoms with E-state index in [-0.39, 0.29) is 11.1 Å². The summed E-state index contributed by atoms with van der Waals surface area (Å²) < 4.78 is 27.1. The molecule has 0 fully saturated rings. The van der Waals surface area contributed by atoms with Crippen molar-refractivity contribution in [3.63, 3.8) is 0 Å². The topological polar surface area (TPSA) is 62.3 Å². The molecule has 0 amide bonds. The highest BCUT2D eigenvalue weighted by molar-refractivity contribution is 7.89. The first-order chi connectivity index (χ1) is 9.45. The summed E-state index contributed by atoms with van der Waals surface area (Å²) >= 11 is 0. The Hall–Kier alpha value is -1.14. The van der Waals surface area contributed by atoms with Crippen LogP contribution in [0.1, 0.15) is 40.0 Å². The van der Waals surface area contributed by atoms with Gasteiger partial charge in [-0.25, -0.2) is 13.4 Å². The monoisotopic (exact) mass is 299 g/mol. The molecule has 0 unspecified atom stereocenters. The van der Waals surface area contributed by atoms with E-state index in [1.807, 2.05) is 13.8 Å². The third kappa shape index (κ3) is 3.93. The highest BCUT2D eigenvalue weighted by Crippen LogP contribution is 2.23. The number of hydrogen-bond donors (Lipinski definition) is 1. The summed E-state index contributed by atoms with van der Waals surface area (Å²) in [4.78, 5) is 4.06. The van der Waals surface area contributed by atoms with Gasteiger partial charge in [-0.2, -0.15) is 4.31 Å². The first kappa shape index (κ1) is 16.9. The number of sulfonamides is 1. The summed E-state index contributed by atoms with van der Waals surface area (Å²) in [5.74, 6) is 0. The van der Waals surface area contributed by atoms with E-state index < -0.39 is 10.0 Å². The minimum atomic E-state index is -3.56. The lowest BCUT2D eigenvalue weighted by Gasteiger charge is -2.26. The Balaban J connectivity index is 3.09. The fraction of sp³-hybridized carbons (Fsp3) is 0.643. The Kier molecular flexibility index (Phi) is 6.42. The lowest BCUT2D eigenvalue weighted by Crippen LogP contribution is -2.38. The quantitative estimate of drug-likeness (QED) is 0.750. The van der Waals surface area contributed by atoms with E-state index in [9.17, 15) is 8.42 Å². The zero-order chi connectivity index (χ0) is 15.2. The average molecular weight is 299 g/mol. The van der Waals surface area contributed by atoms with Gasteiger partial charge < -0.3 is 5.32 Å². The second kappa shape index (κ2) is 7.59. The third-order valence-corrected chi connectivity index (χ3v) is 5.19. The van der Waals surface area contributed by atoms with Gasteiger partial charge >= 0.3 is 0 Å². The molecule has 114 valence electrons. The van der Waals surface area contributed by atoms with Crippen LogP contribution in [0.25, 0.3) is 0 Å². The number of anilines is 1. The predicted octanol–water partition coefficient (Wildman–Crippen LogP) is 2.71. The second-order valence-electron chi connectivity index (χ2n) is 5.02. The van der Waals surface area contributed by atoms with Crippen LogP contribution in [-0.4, -0.2) is 37.3 Å². The smallest absolute Gasteiger partial charge is 0.262 e. The highest BCUT2D eigenvalue weighted by Gasteiger charge is 2.29. The van der Waals surface area contributed by atoms with Crippen LogP contribution < -0.4 is 5.32 Å².